The molecule has 0 amide bonds. The SMILES string of the molecule is Nc1cnc2ccc3ccccc3c2n1. The van der Waals surface area contributed by atoms with E-state index in [1.165, 1.54) is 0 Å². The average Bonchev–Trinajstić information content (AvgIpc) is 2.29. The van der Waals surface area contributed by atoms with Crippen molar-refractivity contribution in [3.8, 4) is 0 Å². The molecule has 2 aromatic carbocycles. The molecule has 0 spiro atoms. The van der Waals surface area contributed by atoms with Crippen LogP contribution in [-0.4, -0.2) is 9.97 Å². The molecule has 0 saturated carbocycles. The van der Waals surface area contributed by atoms with Gasteiger partial charge in [0.25, 0.3) is 0 Å². The normalized spacial score (nSPS) is 10.9. The number of benzene rings is 2. The fourth-order valence-corrected chi connectivity index (χ4v) is 1.76. The van der Waals surface area contributed by atoms with Gasteiger partial charge in [0.2, 0.25) is 0 Å². The zero-order valence-electron chi connectivity index (χ0n) is 8.01. The summed E-state index contributed by atoms with van der Waals surface area (Å²) in [5, 5.41) is 2.25. The lowest BCUT2D eigenvalue weighted by Gasteiger charge is -2.02. The summed E-state index contributed by atoms with van der Waals surface area (Å²) in [5.41, 5.74) is 7.39. The van der Waals surface area contributed by atoms with Crippen LogP contribution in [-0.2, 0) is 0 Å². The summed E-state index contributed by atoms with van der Waals surface area (Å²) in [5.74, 6) is 0.457. The van der Waals surface area contributed by atoms with Crippen molar-refractivity contribution in [2.45, 2.75) is 0 Å². The Morgan fingerprint density at radius 2 is 1.87 bits per heavy atom. The number of aromatic nitrogens is 2. The first-order chi connectivity index (χ1) is 7.34. The molecule has 3 nitrogen and oxygen atoms in total. The lowest BCUT2D eigenvalue weighted by atomic mass is 10.1. The molecule has 0 aliphatic carbocycles. The van der Waals surface area contributed by atoms with Crippen LogP contribution >= 0.6 is 0 Å². The number of fused-ring (bicyclic) bond motifs is 3. The van der Waals surface area contributed by atoms with E-state index < -0.39 is 0 Å². The first-order valence-corrected chi connectivity index (χ1v) is 4.74. The molecule has 0 atom stereocenters. The highest BCUT2D eigenvalue weighted by atomic mass is 14.9. The largest absolute Gasteiger partial charge is 0.382 e. The number of nitrogens with two attached hydrogens (primary N) is 1. The minimum atomic E-state index is 0.457. The molecular weight excluding hydrogens is 186 g/mol. The van der Waals surface area contributed by atoms with Crippen LogP contribution in [0.1, 0.15) is 0 Å². The van der Waals surface area contributed by atoms with Gasteiger partial charge in [0, 0.05) is 5.39 Å². The van der Waals surface area contributed by atoms with Gasteiger partial charge in [-0.05, 0) is 11.5 Å². The van der Waals surface area contributed by atoms with E-state index in [4.69, 9.17) is 5.73 Å². The van der Waals surface area contributed by atoms with Crippen molar-refractivity contribution in [3.63, 3.8) is 0 Å². The smallest absolute Gasteiger partial charge is 0.142 e. The van der Waals surface area contributed by atoms with E-state index in [-0.39, 0.29) is 0 Å². The lowest BCUT2D eigenvalue weighted by Crippen LogP contribution is -1.92. The average molecular weight is 195 g/mol. The number of anilines is 1. The number of nitrogens with zero attached hydrogens (tertiary/aromatic N) is 2. The number of nitrogen functional groups attached to an aromatic ring is 1. The number of hydrogen-bond acceptors (Lipinski definition) is 3. The van der Waals surface area contributed by atoms with Gasteiger partial charge in [-0.2, -0.15) is 0 Å². The van der Waals surface area contributed by atoms with Crippen LogP contribution in [0, 0.1) is 0 Å². The van der Waals surface area contributed by atoms with Crippen molar-refractivity contribution in [1.29, 1.82) is 0 Å². The molecule has 0 bridgehead atoms. The maximum absolute atomic E-state index is 5.64. The molecule has 0 aliphatic rings. The Morgan fingerprint density at radius 3 is 2.80 bits per heavy atom. The van der Waals surface area contributed by atoms with E-state index in [9.17, 15) is 0 Å². The Kier molecular flexibility index (Phi) is 1.59. The van der Waals surface area contributed by atoms with Gasteiger partial charge in [-0.25, -0.2) is 4.98 Å². The fraction of sp³-hybridized carbons (Fsp3) is 0. The molecule has 1 heterocycles. The van der Waals surface area contributed by atoms with E-state index in [1.807, 2.05) is 30.3 Å². The summed E-state index contributed by atoms with van der Waals surface area (Å²) in [4.78, 5) is 8.56. The second kappa shape index (κ2) is 2.92. The van der Waals surface area contributed by atoms with Gasteiger partial charge in [0.15, 0.2) is 0 Å². The monoisotopic (exact) mass is 195 g/mol. The Bertz CT molecular complexity index is 646. The summed E-state index contributed by atoms with van der Waals surface area (Å²) in [6.45, 7) is 0. The maximum Gasteiger partial charge on any atom is 0.142 e. The van der Waals surface area contributed by atoms with Crippen molar-refractivity contribution in [3.05, 3.63) is 42.6 Å². The van der Waals surface area contributed by atoms with E-state index in [1.54, 1.807) is 6.20 Å². The summed E-state index contributed by atoms with van der Waals surface area (Å²) >= 11 is 0. The Labute approximate surface area is 86.6 Å². The number of hydrogen-bond donors (Lipinski definition) is 1. The summed E-state index contributed by atoms with van der Waals surface area (Å²) in [7, 11) is 0. The van der Waals surface area contributed by atoms with Crippen LogP contribution in [0.2, 0.25) is 0 Å². The van der Waals surface area contributed by atoms with E-state index >= 15 is 0 Å². The molecule has 3 heteroatoms. The van der Waals surface area contributed by atoms with Crippen molar-refractivity contribution in [1.82, 2.24) is 9.97 Å². The third-order valence-electron chi connectivity index (χ3n) is 2.46. The third-order valence-corrected chi connectivity index (χ3v) is 2.46. The summed E-state index contributed by atoms with van der Waals surface area (Å²) in [6.07, 6.45) is 1.58. The van der Waals surface area contributed by atoms with Gasteiger partial charge in [-0.15, -0.1) is 0 Å². The van der Waals surface area contributed by atoms with Gasteiger partial charge < -0.3 is 5.73 Å². The standard InChI is InChI=1S/C12H9N3/c13-11-7-14-10-6-5-8-3-1-2-4-9(8)12(10)15-11/h1-7H,(H2,13,15). The molecule has 0 aliphatic heterocycles. The highest BCUT2D eigenvalue weighted by Gasteiger charge is 2.02. The second-order valence-electron chi connectivity index (χ2n) is 3.45. The van der Waals surface area contributed by atoms with Crippen molar-refractivity contribution >= 4 is 27.6 Å². The second-order valence-corrected chi connectivity index (χ2v) is 3.45. The zero-order valence-corrected chi connectivity index (χ0v) is 8.01. The predicted octanol–water partition coefficient (Wildman–Crippen LogP) is 2.37. The molecule has 0 saturated heterocycles. The fourth-order valence-electron chi connectivity index (χ4n) is 1.76. The first kappa shape index (κ1) is 8.17. The Hall–Kier alpha value is -2.16. The highest BCUT2D eigenvalue weighted by molar-refractivity contribution is 6.03. The van der Waals surface area contributed by atoms with E-state index in [0.29, 0.717) is 5.82 Å². The molecule has 3 rings (SSSR count). The Morgan fingerprint density at radius 1 is 1.00 bits per heavy atom. The van der Waals surface area contributed by atoms with Crippen molar-refractivity contribution in [2.75, 3.05) is 5.73 Å². The lowest BCUT2D eigenvalue weighted by molar-refractivity contribution is 1.31. The molecule has 0 radical (unpaired) electrons. The van der Waals surface area contributed by atoms with Gasteiger partial charge >= 0.3 is 0 Å². The van der Waals surface area contributed by atoms with Crippen LogP contribution in [0.3, 0.4) is 0 Å². The highest BCUT2D eigenvalue weighted by Crippen LogP contribution is 2.22. The summed E-state index contributed by atoms with van der Waals surface area (Å²) in [6, 6.07) is 12.1. The van der Waals surface area contributed by atoms with Crippen molar-refractivity contribution < 1.29 is 0 Å². The molecule has 2 N–H and O–H groups in total. The van der Waals surface area contributed by atoms with Crippen LogP contribution in [0.4, 0.5) is 5.82 Å². The summed E-state index contributed by atoms with van der Waals surface area (Å²) < 4.78 is 0. The van der Waals surface area contributed by atoms with Crippen LogP contribution < -0.4 is 5.73 Å². The van der Waals surface area contributed by atoms with Gasteiger partial charge in [-0.1, -0.05) is 30.3 Å². The van der Waals surface area contributed by atoms with Gasteiger partial charge in [0.1, 0.15) is 5.82 Å². The van der Waals surface area contributed by atoms with Crippen LogP contribution in [0.25, 0.3) is 21.8 Å². The predicted molar refractivity (Wildman–Crippen MR) is 61.5 cm³/mol. The van der Waals surface area contributed by atoms with Crippen LogP contribution in [0.15, 0.2) is 42.6 Å². The maximum atomic E-state index is 5.64. The molecule has 3 aromatic rings. The topological polar surface area (TPSA) is 51.8 Å². The molecular formula is C12H9N3. The third kappa shape index (κ3) is 1.21. The Balaban J connectivity index is 2.57. The molecule has 0 unspecified atom stereocenters. The van der Waals surface area contributed by atoms with Crippen LogP contribution in [0.5, 0.6) is 0 Å². The van der Waals surface area contributed by atoms with E-state index in [2.05, 4.69) is 16.0 Å². The minimum Gasteiger partial charge on any atom is -0.382 e. The van der Waals surface area contributed by atoms with Gasteiger partial charge in [0.05, 0.1) is 17.2 Å². The molecule has 15 heavy (non-hydrogen) atoms. The molecule has 72 valence electrons. The first-order valence-electron chi connectivity index (χ1n) is 4.74. The zero-order chi connectivity index (χ0) is 10.3. The minimum absolute atomic E-state index is 0.457. The van der Waals surface area contributed by atoms with Crippen molar-refractivity contribution in [2.24, 2.45) is 0 Å². The number of rotatable bonds is 0. The van der Waals surface area contributed by atoms with E-state index in [0.717, 1.165) is 21.8 Å². The van der Waals surface area contributed by atoms with Gasteiger partial charge in [-0.3, -0.25) is 4.98 Å². The molecule has 0 fully saturated rings. The molecule has 1 aromatic heterocycles. The quantitative estimate of drug-likeness (QED) is 0.560.